The molecule has 6 nitrogen and oxygen atoms in total. The van der Waals surface area contributed by atoms with Gasteiger partial charge in [-0.25, -0.2) is 4.98 Å². The minimum Gasteiger partial charge on any atom is -0.355 e. The SMILES string of the molecule is O=C(NCCc1nc2ccccc2n1CC(=O)N(C1CCCCC1)C1CCCCC1)C1CCCCC1. The van der Waals surface area contributed by atoms with Gasteiger partial charge in [0.25, 0.3) is 0 Å². The first-order valence-electron chi connectivity index (χ1n) is 14.7. The van der Waals surface area contributed by atoms with Gasteiger partial charge in [0.15, 0.2) is 0 Å². The van der Waals surface area contributed by atoms with E-state index in [0.29, 0.717) is 31.6 Å². The van der Waals surface area contributed by atoms with Crippen LogP contribution in [0.2, 0.25) is 0 Å². The number of hydrogen-bond donors (Lipinski definition) is 1. The average Bonchev–Trinajstić information content (AvgIpc) is 3.27. The fourth-order valence-corrected chi connectivity index (χ4v) is 6.94. The zero-order chi connectivity index (χ0) is 24.7. The second-order valence-electron chi connectivity index (χ2n) is 11.4. The van der Waals surface area contributed by atoms with E-state index in [2.05, 4.69) is 20.9 Å². The molecule has 0 atom stereocenters. The smallest absolute Gasteiger partial charge is 0.243 e. The Hall–Kier alpha value is -2.37. The van der Waals surface area contributed by atoms with Crippen LogP contribution in [-0.2, 0) is 22.6 Å². The lowest BCUT2D eigenvalue weighted by Crippen LogP contribution is -2.50. The van der Waals surface area contributed by atoms with Crippen LogP contribution in [0.15, 0.2) is 24.3 Å². The maximum atomic E-state index is 14.0. The van der Waals surface area contributed by atoms with E-state index >= 15 is 0 Å². The third-order valence-electron chi connectivity index (χ3n) is 8.87. The van der Waals surface area contributed by atoms with Crippen molar-refractivity contribution >= 4 is 22.8 Å². The zero-order valence-corrected chi connectivity index (χ0v) is 21.9. The van der Waals surface area contributed by atoms with Crippen molar-refractivity contribution in [3.05, 3.63) is 30.1 Å². The summed E-state index contributed by atoms with van der Waals surface area (Å²) in [7, 11) is 0. The second kappa shape index (κ2) is 12.2. The van der Waals surface area contributed by atoms with Gasteiger partial charge >= 0.3 is 0 Å². The standard InChI is InChI=1S/C30H44N4O2/c35-29(34(24-14-6-2-7-15-24)25-16-8-3-9-17-25)22-33-27-19-11-10-18-26(27)32-28(33)20-21-31-30(36)23-12-4-1-5-13-23/h10-11,18-19,23-25H,1-9,12-17,20-22H2,(H,31,36). The van der Waals surface area contributed by atoms with Crippen molar-refractivity contribution in [3.63, 3.8) is 0 Å². The molecule has 3 saturated carbocycles. The van der Waals surface area contributed by atoms with E-state index < -0.39 is 0 Å². The van der Waals surface area contributed by atoms with Gasteiger partial charge in [-0.15, -0.1) is 0 Å². The normalized spacial score (nSPS) is 20.4. The molecule has 0 aliphatic heterocycles. The van der Waals surface area contributed by atoms with Crippen molar-refractivity contribution in [1.82, 2.24) is 19.8 Å². The molecule has 1 aromatic heterocycles. The number of nitrogens with one attached hydrogen (secondary N) is 1. The summed E-state index contributed by atoms with van der Waals surface area (Å²) in [5.74, 6) is 1.51. The Balaban J connectivity index is 1.31. The lowest BCUT2D eigenvalue weighted by atomic mass is 9.88. The molecule has 5 rings (SSSR count). The van der Waals surface area contributed by atoms with Gasteiger partial charge in [-0.3, -0.25) is 9.59 Å². The summed E-state index contributed by atoms with van der Waals surface area (Å²) in [6.07, 6.45) is 18.4. The van der Waals surface area contributed by atoms with Crippen LogP contribution in [0.5, 0.6) is 0 Å². The minimum atomic E-state index is 0.165. The number of para-hydroxylation sites is 2. The summed E-state index contributed by atoms with van der Waals surface area (Å²) in [4.78, 5) is 33.9. The highest BCUT2D eigenvalue weighted by atomic mass is 16.2. The Morgan fingerprint density at radius 3 is 2.06 bits per heavy atom. The van der Waals surface area contributed by atoms with Crippen LogP contribution in [-0.4, -0.2) is 44.9 Å². The second-order valence-corrected chi connectivity index (χ2v) is 11.4. The van der Waals surface area contributed by atoms with Crippen molar-refractivity contribution in [2.75, 3.05) is 6.54 Å². The van der Waals surface area contributed by atoms with Gasteiger partial charge in [-0.1, -0.05) is 69.9 Å². The van der Waals surface area contributed by atoms with E-state index in [1.54, 1.807) is 0 Å². The fraction of sp³-hybridized carbons (Fsp3) is 0.700. The molecule has 2 aromatic rings. The van der Waals surface area contributed by atoms with Crippen LogP contribution < -0.4 is 5.32 Å². The van der Waals surface area contributed by atoms with Crippen LogP contribution in [0, 0.1) is 5.92 Å². The van der Waals surface area contributed by atoms with Gasteiger partial charge in [0.2, 0.25) is 11.8 Å². The summed E-state index contributed by atoms with van der Waals surface area (Å²) in [6, 6.07) is 8.92. The number of aromatic nitrogens is 2. The monoisotopic (exact) mass is 492 g/mol. The third-order valence-corrected chi connectivity index (χ3v) is 8.87. The molecule has 0 bridgehead atoms. The number of nitrogens with zero attached hydrogens (tertiary/aromatic N) is 3. The largest absolute Gasteiger partial charge is 0.355 e. The molecule has 1 N–H and O–H groups in total. The molecule has 1 aromatic carbocycles. The van der Waals surface area contributed by atoms with Crippen molar-refractivity contribution in [3.8, 4) is 0 Å². The quantitative estimate of drug-likeness (QED) is 0.509. The number of rotatable bonds is 8. The molecule has 196 valence electrons. The highest BCUT2D eigenvalue weighted by Gasteiger charge is 2.33. The van der Waals surface area contributed by atoms with E-state index in [1.807, 2.05) is 18.2 Å². The molecule has 3 fully saturated rings. The number of fused-ring (bicyclic) bond motifs is 1. The van der Waals surface area contributed by atoms with Gasteiger partial charge in [-0.2, -0.15) is 0 Å². The van der Waals surface area contributed by atoms with Crippen LogP contribution >= 0.6 is 0 Å². The van der Waals surface area contributed by atoms with Gasteiger partial charge in [-0.05, 0) is 50.7 Å². The predicted molar refractivity (Wildman–Crippen MR) is 144 cm³/mol. The number of amides is 2. The Morgan fingerprint density at radius 2 is 1.42 bits per heavy atom. The Kier molecular flexibility index (Phi) is 8.60. The van der Waals surface area contributed by atoms with Crippen molar-refractivity contribution in [2.24, 2.45) is 5.92 Å². The number of carbonyl (C=O) groups is 2. The molecular weight excluding hydrogens is 448 g/mol. The summed E-state index contributed by atoms with van der Waals surface area (Å²) < 4.78 is 2.13. The fourth-order valence-electron chi connectivity index (χ4n) is 6.94. The molecule has 0 radical (unpaired) electrons. The highest BCUT2D eigenvalue weighted by molar-refractivity contribution is 5.82. The number of carbonyl (C=O) groups excluding carboxylic acids is 2. The van der Waals surface area contributed by atoms with Gasteiger partial charge in [0.05, 0.1) is 11.0 Å². The highest BCUT2D eigenvalue weighted by Crippen LogP contribution is 2.31. The maximum absolute atomic E-state index is 14.0. The van der Waals surface area contributed by atoms with E-state index in [0.717, 1.165) is 68.2 Å². The topological polar surface area (TPSA) is 67.2 Å². The van der Waals surface area contributed by atoms with Crippen molar-refractivity contribution in [1.29, 1.82) is 0 Å². The lowest BCUT2D eigenvalue weighted by molar-refractivity contribution is -0.138. The first kappa shape index (κ1) is 25.3. The van der Waals surface area contributed by atoms with Crippen LogP contribution in [0.25, 0.3) is 11.0 Å². The van der Waals surface area contributed by atoms with Crippen LogP contribution in [0.3, 0.4) is 0 Å². The Morgan fingerprint density at radius 1 is 0.833 bits per heavy atom. The first-order valence-corrected chi connectivity index (χ1v) is 14.7. The molecule has 0 unspecified atom stereocenters. The lowest BCUT2D eigenvalue weighted by Gasteiger charge is -2.42. The summed E-state index contributed by atoms with van der Waals surface area (Å²) in [6.45, 7) is 0.918. The molecule has 3 aliphatic rings. The molecule has 3 aliphatic carbocycles. The van der Waals surface area contributed by atoms with Crippen LogP contribution in [0.4, 0.5) is 0 Å². The molecular formula is C30H44N4O2. The zero-order valence-electron chi connectivity index (χ0n) is 21.9. The molecule has 2 amide bonds. The van der Waals surface area contributed by atoms with Crippen molar-refractivity contribution < 1.29 is 9.59 Å². The number of imidazole rings is 1. The van der Waals surface area contributed by atoms with E-state index in [1.165, 1.54) is 44.9 Å². The van der Waals surface area contributed by atoms with Gasteiger partial charge < -0.3 is 14.8 Å². The maximum Gasteiger partial charge on any atom is 0.243 e. The summed E-state index contributed by atoms with van der Waals surface area (Å²) >= 11 is 0. The Labute approximate surface area is 216 Å². The third kappa shape index (κ3) is 5.95. The molecule has 0 saturated heterocycles. The first-order chi connectivity index (χ1) is 17.7. The minimum absolute atomic E-state index is 0.165. The number of hydrogen-bond acceptors (Lipinski definition) is 3. The van der Waals surface area contributed by atoms with Gasteiger partial charge in [0, 0.05) is 31.0 Å². The predicted octanol–water partition coefficient (Wildman–Crippen LogP) is 5.77. The summed E-state index contributed by atoms with van der Waals surface area (Å²) in [5, 5.41) is 3.16. The molecule has 0 spiro atoms. The van der Waals surface area contributed by atoms with Crippen LogP contribution in [0.1, 0.15) is 102 Å². The van der Waals surface area contributed by atoms with Crippen molar-refractivity contribution in [2.45, 2.75) is 121 Å². The summed E-state index contributed by atoms with van der Waals surface area (Å²) in [5.41, 5.74) is 1.95. The van der Waals surface area contributed by atoms with Gasteiger partial charge in [0.1, 0.15) is 12.4 Å². The van der Waals surface area contributed by atoms with E-state index in [9.17, 15) is 9.59 Å². The average molecular weight is 493 g/mol. The molecule has 6 heteroatoms. The van der Waals surface area contributed by atoms with E-state index in [4.69, 9.17) is 4.98 Å². The van der Waals surface area contributed by atoms with E-state index in [-0.39, 0.29) is 17.7 Å². The molecule has 36 heavy (non-hydrogen) atoms. The Bertz CT molecular complexity index is 995. The number of benzene rings is 1. The molecule has 1 heterocycles.